The van der Waals surface area contributed by atoms with Crippen molar-refractivity contribution in [2.45, 2.75) is 58.9 Å². The van der Waals surface area contributed by atoms with Crippen LogP contribution in [0.15, 0.2) is 0 Å². The molecule has 3 nitrogen and oxygen atoms in total. The Labute approximate surface area is 109 Å². The fourth-order valence-corrected chi connectivity index (χ4v) is 3.01. The average Bonchev–Trinajstić information content (AvgIpc) is 2.65. The van der Waals surface area contributed by atoms with Crippen molar-refractivity contribution in [3.8, 4) is 0 Å². The van der Waals surface area contributed by atoms with Crippen molar-refractivity contribution >= 4 is 11.6 Å². The Morgan fingerprint density at radius 3 is 2.76 bits per heavy atom. The lowest BCUT2D eigenvalue weighted by Gasteiger charge is -2.29. The maximum atomic E-state index is 6.14. The summed E-state index contributed by atoms with van der Waals surface area (Å²) >= 11 is 6.14. The molecule has 0 aromatic carbocycles. The zero-order valence-corrected chi connectivity index (χ0v) is 11.6. The second-order valence-electron chi connectivity index (χ2n) is 5.27. The molecule has 2 atom stereocenters. The van der Waals surface area contributed by atoms with Gasteiger partial charge in [0.05, 0.1) is 0 Å². The summed E-state index contributed by atoms with van der Waals surface area (Å²) < 4.78 is 2.12. The Morgan fingerprint density at radius 2 is 2.06 bits per heavy atom. The molecule has 1 aromatic rings. The van der Waals surface area contributed by atoms with Crippen LogP contribution in [0, 0.1) is 11.8 Å². The van der Waals surface area contributed by atoms with Crippen molar-refractivity contribution in [3.05, 3.63) is 11.1 Å². The van der Waals surface area contributed by atoms with Gasteiger partial charge in [0.1, 0.15) is 5.82 Å². The molecular formula is C13H22ClN3. The van der Waals surface area contributed by atoms with Crippen LogP contribution in [0.25, 0.3) is 0 Å². The van der Waals surface area contributed by atoms with Gasteiger partial charge < -0.3 is 4.57 Å². The lowest BCUT2D eigenvalue weighted by molar-refractivity contribution is 0.226. The Morgan fingerprint density at radius 1 is 1.29 bits per heavy atom. The molecule has 2 unspecified atom stereocenters. The van der Waals surface area contributed by atoms with Gasteiger partial charge in [0.25, 0.3) is 0 Å². The molecule has 1 aromatic heterocycles. The molecule has 0 N–H and O–H groups in total. The number of hydrogen-bond acceptors (Lipinski definition) is 2. The third-order valence-corrected chi connectivity index (χ3v) is 4.24. The molecule has 1 heterocycles. The average molecular weight is 256 g/mol. The highest BCUT2D eigenvalue weighted by Gasteiger charge is 2.23. The van der Waals surface area contributed by atoms with Crippen LogP contribution in [0.4, 0.5) is 0 Å². The van der Waals surface area contributed by atoms with E-state index < -0.39 is 0 Å². The summed E-state index contributed by atoms with van der Waals surface area (Å²) in [6.45, 7) is 5.53. The van der Waals surface area contributed by atoms with Gasteiger partial charge in [0, 0.05) is 13.0 Å². The van der Waals surface area contributed by atoms with Gasteiger partial charge >= 0.3 is 0 Å². The molecule has 0 aliphatic heterocycles. The van der Waals surface area contributed by atoms with Crippen molar-refractivity contribution in [1.82, 2.24) is 14.8 Å². The molecule has 17 heavy (non-hydrogen) atoms. The third kappa shape index (κ3) is 3.01. The summed E-state index contributed by atoms with van der Waals surface area (Å²) in [5, 5.41) is 8.74. The van der Waals surface area contributed by atoms with Crippen molar-refractivity contribution in [3.63, 3.8) is 0 Å². The van der Waals surface area contributed by atoms with Gasteiger partial charge in [-0.3, -0.25) is 0 Å². The summed E-state index contributed by atoms with van der Waals surface area (Å²) in [5.74, 6) is 2.60. The summed E-state index contributed by atoms with van der Waals surface area (Å²) in [7, 11) is 0. The minimum Gasteiger partial charge on any atom is -0.301 e. The zero-order chi connectivity index (χ0) is 12.3. The highest BCUT2D eigenvalue weighted by atomic mass is 35.5. The predicted octanol–water partition coefficient (Wildman–Crippen LogP) is 3.71. The Kier molecular flexibility index (Phi) is 4.43. The Bertz CT molecular complexity index is 362. The molecule has 1 fully saturated rings. The first-order valence-electron chi connectivity index (χ1n) is 6.80. The van der Waals surface area contributed by atoms with E-state index in [-0.39, 0.29) is 0 Å². The second-order valence-corrected chi connectivity index (χ2v) is 5.61. The summed E-state index contributed by atoms with van der Waals surface area (Å²) in [5.41, 5.74) is 0. The fraction of sp³-hybridized carbons (Fsp3) is 0.846. The zero-order valence-electron chi connectivity index (χ0n) is 10.8. The van der Waals surface area contributed by atoms with E-state index in [0.717, 1.165) is 37.0 Å². The second kappa shape index (κ2) is 5.85. The van der Waals surface area contributed by atoms with Crippen molar-refractivity contribution in [2.24, 2.45) is 11.8 Å². The van der Waals surface area contributed by atoms with Crippen LogP contribution in [0.1, 0.15) is 51.8 Å². The molecule has 1 aliphatic carbocycles. The summed E-state index contributed by atoms with van der Waals surface area (Å²) in [6.07, 6.45) is 7.48. The van der Waals surface area contributed by atoms with Crippen LogP contribution >= 0.6 is 11.6 Å². The number of aromatic nitrogens is 3. The molecule has 0 radical (unpaired) electrons. The van der Waals surface area contributed by atoms with Gasteiger partial charge in [0.15, 0.2) is 0 Å². The topological polar surface area (TPSA) is 30.7 Å². The van der Waals surface area contributed by atoms with Crippen molar-refractivity contribution in [2.75, 3.05) is 0 Å². The molecule has 2 rings (SSSR count). The number of rotatable bonds is 4. The minimum absolute atomic E-state index is 0.561. The normalized spacial score (nSPS) is 25.1. The first-order chi connectivity index (χ1) is 8.22. The van der Waals surface area contributed by atoms with E-state index in [1.165, 1.54) is 25.7 Å². The van der Waals surface area contributed by atoms with E-state index >= 15 is 0 Å². The van der Waals surface area contributed by atoms with Crippen LogP contribution in [0.2, 0.25) is 5.28 Å². The highest BCUT2D eigenvalue weighted by molar-refractivity contribution is 6.28. The predicted molar refractivity (Wildman–Crippen MR) is 70.1 cm³/mol. The molecular weight excluding hydrogens is 234 g/mol. The fourth-order valence-electron chi connectivity index (χ4n) is 2.80. The molecule has 1 aliphatic rings. The quantitative estimate of drug-likeness (QED) is 0.821. The molecule has 4 heteroatoms. The number of nitrogens with zero attached hydrogens (tertiary/aromatic N) is 3. The monoisotopic (exact) mass is 255 g/mol. The van der Waals surface area contributed by atoms with Crippen molar-refractivity contribution < 1.29 is 0 Å². The highest BCUT2D eigenvalue weighted by Crippen LogP contribution is 2.31. The van der Waals surface area contributed by atoms with Gasteiger partial charge in [-0.15, -0.1) is 10.2 Å². The summed E-state index contributed by atoms with van der Waals surface area (Å²) in [4.78, 5) is 0. The van der Waals surface area contributed by atoms with Crippen LogP contribution in [0.3, 0.4) is 0 Å². The van der Waals surface area contributed by atoms with E-state index in [1.807, 2.05) is 0 Å². The first kappa shape index (κ1) is 12.9. The van der Waals surface area contributed by atoms with Crippen LogP contribution in [0.5, 0.6) is 0 Å². The maximum absolute atomic E-state index is 6.14. The molecule has 0 spiro atoms. The van der Waals surface area contributed by atoms with Crippen LogP contribution in [-0.2, 0) is 13.0 Å². The molecule has 96 valence electrons. The minimum atomic E-state index is 0.561. The van der Waals surface area contributed by atoms with E-state index in [0.29, 0.717) is 5.28 Å². The van der Waals surface area contributed by atoms with E-state index in [9.17, 15) is 0 Å². The summed E-state index contributed by atoms with van der Waals surface area (Å²) in [6, 6.07) is 0. The van der Waals surface area contributed by atoms with Gasteiger partial charge in [-0.25, -0.2) is 0 Å². The van der Waals surface area contributed by atoms with E-state index in [1.54, 1.807) is 0 Å². The molecule has 1 saturated carbocycles. The van der Waals surface area contributed by atoms with Crippen molar-refractivity contribution in [1.29, 1.82) is 0 Å². The number of halogens is 1. The lowest BCUT2D eigenvalue weighted by atomic mass is 9.80. The third-order valence-electron chi connectivity index (χ3n) is 3.96. The van der Waals surface area contributed by atoms with E-state index in [2.05, 4.69) is 28.6 Å². The van der Waals surface area contributed by atoms with Crippen LogP contribution in [-0.4, -0.2) is 14.8 Å². The lowest BCUT2D eigenvalue weighted by Crippen LogP contribution is -2.23. The Balaban J connectivity index is 2.08. The smallest absolute Gasteiger partial charge is 0.225 e. The van der Waals surface area contributed by atoms with E-state index in [4.69, 9.17) is 11.6 Å². The first-order valence-corrected chi connectivity index (χ1v) is 7.17. The SMILES string of the molecule is CCCc1nnc(Cl)n1CC1CCCCC1C. The molecule has 0 amide bonds. The van der Waals surface area contributed by atoms with Gasteiger partial charge in [-0.05, 0) is 36.3 Å². The number of aryl methyl sites for hydroxylation is 1. The van der Waals surface area contributed by atoms with Gasteiger partial charge in [-0.1, -0.05) is 33.1 Å². The number of hydrogen-bond donors (Lipinski definition) is 0. The van der Waals surface area contributed by atoms with Gasteiger partial charge in [-0.2, -0.15) is 0 Å². The standard InChI is InChI=1S/C13H22ClN3/c1-3-6-12-15-16-13(14)17(12)9-11-8-5-4-7-10(11)2/h10-11H,3-9H2,1-2H3. The largest absolute Gasteiger partial charge is 0.301 e. The molecule has 0 bridgehead atoms. The van der Waals surface area contributed by atoms with Gasteiger partial charge in [0.2, 0.25) is 5.28 Å². The van der Waals surface area contributed by atoms with Crippen LogP contribution < -0.4 is 0 Å². The molecule has 0 saturated heterocycles. The maximum Gasteiger partial charge on any atom is 0.225 e. The Hall–Kier alpha value is -0.570.